The van der Waals surface area contributed by atoms with Gasteiger partial charge in [0.05, 0.1) is 41.9 Å². The van der Waals surface area contributed by atoms with Crippen LogP contribution in [0.1, 0.15) is 72.4 Å². The van der Waals surface area contributed by atoms with E-state index in [0.29, 0.717) is 18.4 Å². The van der Waals surface area contributed by atoms with E-state index < -0.39 is 112 Å². The molecule has 0 radical (unpaired) electrons. The fraction of sp³-hybridized carbons (Fsp3) is 0.378. The maximum Gasteiger partial charge on any atom is 0.343 e. The van der Waals surface area contributed by atoms with Crippen LogP contribution in [0.25, 0.3) is 21.3 Å². The van der Waals surface area contributed by atoms with Crippen molar-refractivity contribution in [2.75, 3.05) is 30.1 Å². The van der Waals surface area contributed by atoms with Gasteiger partial charge in [0.1, 0.15) is 35.9 Å². The van der Waals surface area contributed by atoms with Gasteiger partial charge in [0, 0.05) is 48.4 Å². The topological polar surface area (TPSA) is 232 Å². The fourth-order valence-electron chi connectivity index (χ4n) is 8.43. The average molecular weight is 910 g/mol. The van der Waals surface area contributed by atoms with Crippen molar-refractivity contribution in [1.82, 2.24) is 19.2 Å². The number of H-pyrrole nitrogens is 1. The summed E-state index contributed by atoms with van der Waals surface area (Å²) in [6, 6.07) is 15.0. The summed E-state index contributed by atoms with van der Waals surface area (Å²) in [7, 11) is 0. The number of azide groups is 1. The number of nitrogens with one attached hydrogen (secondary N) is 2. The number of pyridine rings is 1. The Balaban J connectivity index is 1.12. The SMILES string of the molecule is Cc1cn(C2CC(N=[N+]=[N-])C(COC(=O)c3cn(C4CC4)c4c(F)c(N5CC(C)N(OC(=O)Cc6ccccc6)C(C)C5)c(F)c(NOC(=O)Cc5ccccc5)c4c3=O)O2)c(=O)[nH]c1=O. The molecule has 2 aliphatic heterocycles. The Labute approximate surface area is 374 Å². The third-order valence-corrected chi connectivity index (χ3v) is 11.7. The zero-order valence-corrected chi connectivity index (χ0v) is 36.0. The van der Waals surface area contributed by atoms with E-state index in [9.17, 15) is 34.3 Å². The van der Waals surface area contributed by atoms with Crippen molar-refractivity contribution in [1.29, 1.82) is 0 Å². The number of halogens is 2. The summed E-state index contributed by atoms with van der Waals surface area (Å²) in [5.74, 6) is -5.00. The predicted octanol–water partition coefficient (Wildman–Crippen LogP) is 5.31. The largest absolute Gasteiger partial charge is 0.459 e. The molecule has 5 unspecified atom stereocenters. The molecule has 5 atom stereocenters. The van der Waals surface area contributed by atoms with Crippen molar-refractivity contribution in [3.63, 3.8) is 0 Å². The number of hydrogen-bond acceptors (Lipinski definition) is 14. The van der Waals surface area contributed by atoms with Gasteiger partial charge in [-0.25, -0.2) is 33.4 Å². The standard InChI is InChI=1S/C45H45F2N9O10/c1-24-19-55(45(62)49-43(24)60)33-18-31(50-52-48)32(64-33)23-63-44(61)30-22-54(29-14-15-29)40-36(42(30)59)39(51-65-34(57)16-27-10-6-4-7-11-27)37(46)41(38(40)47)53-20-25(2)56(26(3)21-53)66-35(58)17-28-12-8-5-9-13-28/h4-13,19,22,25-26,29,31-33,51H,14-18,20-21,23H2,1-3H3,(H,49,60,62). The second-order valence-corrected chi connectivity index (χ2v) is 16.6. The molecule has 3 aromatic carbocycles. The van der Waals surface area contributed by atoms with Gasteiger partial charge in [0.25, 0.3) is 5.56 Å². The first kappa shape index (κ1) is 45.2. The first-order chi connectivity index (χ1) is 31.7. The van der Waals surface area contributed by atoms with Crippen LogP contribution >= 0.6 is 0 Å². The molecule has 2 saturated heterocycles. The minimum Gasteiger partial charge on any atom is -0.459 e. The zero-order chi connectivity index (χ0) is 46.8. The minimum atomic E-state index is -1.29. The molecule has 3 aliphatic rings. The quantitative estimate of drug-likeness (QED) is 0.0474. The van der Waals surface area contributed by atoms with Crippen LogP contribution in [-0.4, -0.2) is 81.0 Å². The lowest BCUT2D eigenvalue weighted by atomic mass is 10.0. The van der Waals surface area contributed by atoms with Crippen molar-refractivity contribution < 1.29 is 42.3 Å². The van der Waals surface area contributed by atoms with Gasteiger partial charge in [-0.2, -0.15) is 0 Å². The molecule has 1 aliphatic carbocycles. The number of fused-ring (bicyclic) bond motifs is 1. The highest BCUT2D eigenvalue weighted by molar-refractivity contribution is 6.01. The number of aromatic amines is 1. The molecule has 66 heavy (non-hydrogen) atoms. The molecule has 4 heterocycles. The fourth-order valence-corrected chi connectivity index (χ4v) is 8.43. The number of anilines is 2. The second-order valence-electron chi connectivity index (χ2n) is 16.6. The molecular formula is C45H45F2N9O10. The number of hydroxylamine groups is 2. The molecule has 8 rings (SSSR count). The third kappa shape index (κ3) is 9.40. The van der Waals surface area contributed by atoms with Gasteiger partial charge >= 0.3 is 23.6 Å². The Morgan fingerprint density at radius 1 is 0.909 bits per heavy atom. The number of carbonyl (C=O) groups is 3. The number of esters is 1. The number of piperazine rings is 1. The number of ether oxygens (including phenoxy) is 2. The smallest absolute Gasteiger partial charge is 0.343 e. The Morgan fingerprint density at radius 3 is 2.17 bits per heavy atom. The Kier molecular flexibility index (Phi) is 13.0. The molecule has 0 spiro atoms. The summed E-state index contributed by atoms with van der Waals surface area (Å²) in [6.45, 7) is 4.29. The lowest BCUT2D eigenvalue weighted by Crippen LogP contribution is -2.57. The molecule has 5 aromatic rings. The summed E-state index contributed by atoms with van der Waals surface area (Å²) >= 11 is 0. The van der Waals surface area contributed by atoms with E-state index in [0.717, 1.165) is 16.3 Å². The van der Waals surface area contributed by atoms with Crippen LogP contribution in [0.15, 0.2) is 92.6 Å². The Bertz CT molecular complexity index is 2910. The van der Waals surface area contributed by atoms with Crippen molar-refractivity contribution >= 4 is 40.2 Å². The molecule has 2 aromatic heterocycles. The van der Waals surface area contributed by atoms with E-state index in [4.69, 9.17) is 19.1 Å². The number of carbonyl (C=O) groups excluding carboxylic acids is 3. The van der Waals surface area contributed by atoms with E-state index >= 15 is 8.78 Å². The molecule has 3 fully saturated rings. The highest BCUT2D eigenvalue weighted by Crippen LogP contribution is 2.43. The van der Waals surface area contributed by atoms with Crippen LogP contribution in [0.3, 0.4) is 0 Å². The molecule has 1 saturated carbocycles. The monoisotopic (exact) mass is 909 g/mol. The second kappa shape index (κ2) is 19.0. The van der Waals surface area contributed by atoms with E-state index in [1.54, 1.807) is 68.4 Å². The Hall–Kier alpha value is -7.35. The first-order valence-electron chi connectivity index (χ1n) is 21.3. The average Bonchev–Trinajstić information content (AvgIpc) is 4.06. The molecule has 21 heteroatoms. The number of rotatable bonds is 14. The van der Waals surface area contributed by atoms with Crippen LogP contribution < -0.4 is 27.1 Å². The van der Waals surface area contributed by atoms with E-state index in [1.165, 1.54) is 27.7 Å². The lowest BCUT2D eigenvalue weighted by molar-refractivity contribution is -0.214. The van der Waals surface area contributed by atoms with Crippen molar-refractivity contribution in [2.45, 2.75) is 89.4 Å². The number of aryl methyl sites for hydroxylation is 1. The van der Waals surface area contributed by atoms with E-state index in [-0.39, 0.29) is 43.4 Å². The van der Waals surface area contributed by atoms with Crippen molar-refractivity contribution in [2.24, 2.45) is 5.11 Å². The molecular weight excluding hydrogens is 865 g/mol. The Morgan fingerprint density at radius 2 is 1.55 bits per heavy atom. The van der Waals surface area contributed by atoms with Crippen LogP contribution in [0.2, 0.25) is 0 Å². The van der Waals surface area contributed by atoms with Crippen molar-refractivity contribution in [3.05, 3.63) is 148 Å². The zero-order valence-electron chi connectivity index (χ0n) is 36.0. The van der Waals surface area contributed by atoms with Gasteiger partial charge in [-0.15, -0.1) is 5.06 Å². The highest BCUT2D eigenvalue weighted by atomic mass is 19.1. The number of benzene rings is 3. The first-order valence-corrected chi connectivity index (χ1v) is 21.3. The molecule has 344 valence electrons. The van der Waals surface area contributed by atoms with Crippen LogP contribution in [0.5, 0.6) is 0 Å². The molecule has 2 N–H and O–H groups in total. The van der Waals surface area contributed by atoms with Gasteiger partial charge in [0.15, 0.2) is 11.6 Å². The number of nitrogens with zero attached hydrogens (tertiary/aromatic N) is 7. The normalized spacial score (nSPS) is 20.7. The van der Waals surface area contributed by atoms with Crippen LogP contribution in [0.4, 0.5) is 20.2 Å². The van der Waals surface area contributed by atoms with Gasteiger partial charge in [-0.1, -0.05) is 65.8 Å². The highest BCUT2D eigenvalue weighted by Gasteiger charge is 2.40. The predicted molar refractivity (Wildman–Crippen MR) is 233 cm³/mol. The van der Waals surface area contributed by atoms with Crippen LogP contribution in [-0.2, 0) is 41.6 Å². The van der Waals surface area contributed by atoms with Gasteiger partial charge in [-0.3, -0.25) is 19.1 Å². The van der Waals surface area contributed by atoms with Crippen molar-refractivity contribution in [3.8, 4) is 0 Å². The van der Waals surface area contributed by atoms with E-state index in [2.05, 4.69) is 20.5 Å². The van der Waals surface area contributed by atoms with E-state index in [1.807, 2.05) is 6.07 Å². The molecule has 0 amide bonds. The van der Waals surface area contributed by atoms with Gasteiger partial charge in [0.2, 0.25) is 5.43 Å². The summed E-state index contributed by atoms with van der Waals surface area (Å²) in [5, 5.41) is 4.59. The maximum absolute atomic E-state index is 17.4. The van der Waals surface area contributed by atoms with Gasteiger partial charge in [-0.05, 0) is 50.3 Å². The number of aromatic nitrogens is 3. The number of hydrogen-bond donors (Lipinski definition) is 2. The minimum absolute atomic E-state index is 0.00615. The molecule has 0 bridgehead atoms. The maximum atomic E-state index is 17.4. The van der Waals surface area contributed by atoms with Crippen LogP contribution in [0, 0.1) is 18.6 Å². The summed E-state index contributed by atoms with van der Waals surface area (Å²) in [5.41, 5.74) is 8.34. The molecule has 19 nitrogen and oxygen atoms in total. The summed E-state index contributed by atoms with van der Waals surface area (Å²) in [4.78, 5) is 96.7. The summed E-state index contributed by atoms with van der Waals surface area (Å²) in [6.07, 6.45) is 1.04. The summed E-state index contributed by atoms with van der Waals surface area (Å²) < 4.78 is 48.7. The lowest BCUT2D eigenvalue weighted by Gasteiger charge is -2.43. The third-order valence-electron chi connectivity index (χ3n) is 11.7. The van der Waals surface area contributed by atoms with Gasteiger partial charge < -0.3 is 28.6 Å².